The summed E-state index contributed by atoms with van der Waals surface area (Å²) in [7, 11) is -4.33. The van der Waals surface area contributed by atoms with Gasteiger partial charge >= 0.3 is 7.82 Å². The van der Waals surface area contributed by atoms with Crippen LogP contribution in [0.3, 0.4) is 0 Å². The molecule has 0 aliphatic carbocycles. The van der Waals surface area contributed by atoms with Crippen LogP contribution in [0.15, 0.2) is 30.3 Å². The highest BCUT2D eigenvalue weighted by molar-refractivity contribution is 7.46. The molecule has 6 heteroatoms. The molecule has 0 aliphatic heterocycles. The SMILES string of the molecule is O=P(O)(O)OCCNc1ccccc1. The van der Waals surface area contributed by atoms with Gasteiger partial charge in [0.25, 0.3) is 0 Å². The number of hydrogen-bond acceptors (Lipinski definition) is 3. The molecule has 78 valence electrons. The largest absolute Gasteiger partial charge is 0.469 e. The Labute approximate surface area is 82.0 Å². The molecule has 0 heterocycles. The number of benzene rings is 1. The van der Waals surface area contributed by atoms with Crippen LogP contribution in [0.25, 0.3) is 0 Å². The van der Waals surface area contributed by atoms with Crippen LogP contribution >= 0.6 is 7.82 Å². The van der Waals surface area contributed by atoms with Crippen LogP contribution in [-0.4, -0.2) is 22.9 Å². The summed E-state index contributed by atoms with van der Waals surface area (Å²) in [5, 5.41) is 2.95. The van der Waals surface area contributed by atoms with Crippen LogP contribution in [0.4, 0.5) is 5.69 Å². The van der Waals surface area contributed by atoms with E-state index in [-0.39, 0.29) is 6.61 Å². The molecule has 0 saturated heterocycles. The minimum atomic E-state index is -4.33. The van der Waals surface area contributed by atoms with Gasteiger partial charge in [-0.2, -0.15) is 0 Å². The summed E-state index contributed by atoms with van der Waals surface area (Å²) >= 11 is 0. The van der Waals surface area contributed by atoms with Crippen molar-refractivity contribution in [1.82, 2.24) is 0 Å². The van der Waals surface area contributed by atoms with Gasteiger partial charge in [0.1, 0.15) is 0 Å². The molecule has 1 aromatic carbocycles. The van der Waals surface area contributed by atoms with Gasteiger partial charge in [-0.15, -0.1) is 0 Å². The topological polar surface area (TPSA) is 78.8 Å². The minimum Gasteiger partial charge on any atom is -0.383 e. The predicted octanol–water partition coefficient (Wildman–Crippen LogP) is 1.21. The second kappa shape index (κ2) is 5.12. The van der Waals surface area contributed by atoms with Crippen LogP contribution in [0.2, 0.25) is 0 Å². The van der Waals surface area contributed by atoms with Gasteiger partial charge in [-0.3, -0.25) is 4.52 Å². The van der Waals surface area contributed by atoms with Crippen molar-refractivity contribution in [3.8, 4) is 0 Å². The first kappa shape index (κ1) is 11.2. The third kappa shape index (κ3) is 4.99. The predicted molar refractivity (Wildman–Crippen MR) is 52.9 cm³/mol. The van der Waals surface area contributed by atoms with Gasteiger partial charge in [-0.05, 0) is 12.1 Å². The highest BCUT2D eigenvalue weighted by Gasteiger charge is 2.12. The summed E-state index contributed by atoms with van der Waals surface area (Å²) in [4.78, 5) is 16.8. The molecule has 0 bridgehead atoms. The molecule has 0 aromatic heterocycles. The Morgan fingerprint density at radius 2 is 1.93 bits per heavy atom. The molecule has 1 rings (SSSR count). The highest BCUT2D eigenvalue weighted by atomic mass is 31.2. The van der Waals surface area contributed by atoms with E-state index in [4.69, 9.17) is 9.79 Å². The first-order chi connectivity index (χ1) is 6.58. The Morgan fingerprint density at radius 3 is 2.50 bits per heavy atom. The van der Waals surface area contributed by atoms with Crippen molar-refractivity contribution in [3.05, 3.63) is 30.3 Å². The Hall–Kier alpha value is -0.870. The zero-order chi connectivity index (χ0) is 10.4. The lowest BCUT2D eigenvalue weighted by Crippen LogP contribution is -2.07. The number of para-hydroxylation sites is 1. The van der Waals surface area contributed by atoms with Crippen molar-refractivity contribution in [1.29, 1.82) is 0 Å². The zero-order valence-electron chi connectivity index (χ0n) is 7.46. The second-order valence-corrected chi connectivity index (χ2v) is 3.86. The fourth-order valence-electron chi connectivity index (χ4n) is 0.916. The molecule has 0 amide bonds. The lowest BCUT2D eigenvalue weighted by Gasteiger charge is -2.07. The monoisotopic (exact) mass is 217 g/mol. The number of phosphoric ester groups is 1. The summed E-state index contributed by atoms with van der Waals surface area (Å²) in [6.07, 6.45) is 0. The fraction of sp³-hybridized carbons (Fsp3) is 0.250. The van der Waals surface area contributed by atoms with Crippen molar-refractivity contribution < 1.29 is 18.9 Å². The van der Waals surface area contributed by atoms with Crippen LogP contribution in [-0.2, 0) is 9.09 Å². The van der Waals surface area contributed by atoms with Gasteiger partial charge in [0, 0.05) is 12.2 Å². The standard InChI is InChI=1S/C8H12NO4P/c10-14(11,12)13-7-6-9-8-4-2-1-3-5-8/h1-5,9H,6-7H2,(H2,10,11,12). The Morgan fingerprint density at radius 1 is 1.29 bits per heavy atom. The maximum Gasteiger partial charge on any atom is 0.469 e. The average molecular weight is 217 g/mol. The third-order valence-corrected chi connectivity index (χ3v) is 1.98. The van der Waals surface area contributed by atoms with E-state index >= 15 is 0 Å². The lowest BCUT2D eigenvalue weighted by molar-refractivity contribution is 0.204. The summed E-state index contributed by atoms with van der Waals surface area (Å²) in [6, 6.07) is 9.34. The first-order valence-corrected chi connectivity index (χ1v) is 5.60. The van der Waals surface area contributed by atoms with Crippen LogP contribution < -0.4 is 5.32 Å². The number of anilines is 1. The molecule has 0 atom stereocenters. The van der Waals surface area contributed by atoms with E-state index in [9.17, 15) is 4.57 Å². The van der Waals surface area contributed by atoms with Crippen LogP contribution in [0.1, 0.15) is 0 Å². The first-order valence-electron chi connectivity index (χ1n) is 4.07. The molecule has 3 N–H and O–H groups in total. The van der Waals surface area contributed by atoms with E-state index in [0.717, 1.165) is 5.69 Å². The molecule has 0 saturated carbocycles. The molecular weight excluding hydrogens is 205 g/mol. The molecule has 0 radical (unpaired) electrons. The molecular formula is C8H12NO4P. The van der Waals surface area contributed by atoms with E-state index in [0.29, 0.717) is 6.54 Å². The summed E-state index contributed by atoms with van der Waals surface area (Å²) in [5.74, 6) is 0. The second-order valence-electron chi connectivity index (χ2n) is 2.62. The van der Waals surface area contributed by atoms with Crippen LogP contribution in [0.5, 0.6) is 0 Å². The smallest absolute Gasteiger partial charge is 0.383 e. The van der Waals surface area contributed by atoms with Crippen molar-refractivity contribution in [2.75, 3.05) is 18.5 Å². The Balaban J connectivity index is 2.20. The minimum absolute atomic E-state index is 0.0286. The average Bonchev–Trinajstić information content (AvgIpc) is 2.13. The van der Waals surface area contributed by atoms with Gasteiger partial charge in [0.2, 0.25) is 0 Å². The van der Waals surface area contributed by atoms with E-state index in [2.05, 4.69) is 9.84 Å². The van der Waals surface area contributed by atoms with Crippen molar-refractivity contribution in [2.24, 2.45) is 0 Å². The zero-order valence-corrected chi connectivity index (χ0v) is 8.35. The Kier molecular flexibility index (Phi) is 4.10. The maximum atomic E-state index is 10.3. The normalized spacial score (nSPS) is 11.3. The number of nitrogens with one attached hydrogen (secondary N) is 1. The molecule has 0 fully saturated rings. The maximum absolute atomic E-state index is 10.3. The van der Waals surface area contributed by atoms with Gasteiger partial charge < -0.3 is 15.1 Å². The van der Waals surface area contributed by atoms with Crippen LogP contribution in [0, 0.1) is 0 Å². The van der Waals surface area contributed by atoms with Gasteiger partial charge in [-0.25, -0.2) is 4.57 Å². The summed E-state index contributed by atoms with van der Waals surface area (Å²) in [5.41, 5.74) is 0.891. The molecule has 1 aromatic rings. The molecule has 0 aliphatic rings. The molecule has 0 unspecified atom stereocenters. The van der Waals surface area contributed by atoms with Crippen molar-refractivity contribution in [2.45, 2.75) is 0 Å². The quantitative estimate of drug-likeness (QED) is 0.510. The number of rotatable bonds is 5. The Bertz CT molecular complexity index is 310. The number of hydrogen-bond donors (Lipinski definition) is 3. The van der Waals surface area contributed by atoms with E-state index in [1.165, 1.54) is 0 Å². The van der Waals surface area contributed by atoms with E-state index in [1.54, 1.807) is 0 Å². The van der Waals surface area contributed by atoms with Gasteiger partial charge in [0.05, 0.1) is 6.61 Å². The van der Waals surface area contributed by atoms with E-state index < -0.39 is 7.82 Å². The molecule has 14 heavy (non-hydrogen) atoms. The summed E-state index contributed by atoms with van der Waals surface area (Å²) < 4.78 is 14.5. The lowest BCUT2D eigenvalue weighted by atomic mass is 10.3. The van der Waals surface area contributed by atoms with Crippen molar-refractivity contribution >= 4 is 13.5 Å². The number of phosphoric acid groups is 1. The molecule has 0 spiro atoms. The van der Waals surface area contributed by atoms with Gasteiger partial charge in [-0.1, -0.05) is 18.2 Å². The van der Waals surface area contributed by atoms with E-state index in [1.807, 2.05) is 30.3 Å². The van der Waals surface area contributed by atoms with Gasteiger partial charge in [0.15, 0.2) is 0 Å². The molecule has 5 nitrogen and oxygen atoms in total. The third-order valence-electron chi connectivity index (χ3n) is 1.46. The fourth-order valence-corrected chi connectivity index (χ4v) is 1.25. The summed E-state index contributed by atoms with van der Waals surface area (Å²) in [6.45, 7) is 0.328. The van der Waals surface area contributed by atoms with Crippen molar-refractivity contribution in [3.63, 3.8) is 0 Å². The highest BCUT2D eigenvalue weighted by Crippen LogP contribution is 2.35.